The molecular weight excluding hydrogens is 296 g/mol. The van der Waals surface area contributed by atoms with Crippen LogP contribution in [0.4, 0.5) is 0 Å². The maximum absolute atomic E-state index is 12.2. The van der Waals surface area contributed by atoms with Crippen LogP contribution in [0.15, 0.2) is 30.6 Å². The first-order valence-corrected chi connectivity index (χ1v) is 8.92. The van der Waals surface area contributed by atoms with Crippen LogP contribution in [-0.2, 0) is 11.3 Å². The van der Waals surface area contributed by atoms with Crippen LogP contribution in [0, 0.1) is 0 Å². The molecule has 6 heteroatoms. The van der Waals surface area contributed by atoms with Gasteiger partial charge in [0.05, 0.1) is 10.9 Å². The van der Waals surface area contributed by atoms with E-state index < -0.39 is 0 Å². The van der Waals surface area contributed by atoms with E-state index in [4.69, 9.17) is 0 Å². The Bertz CT molecular complexity index is 615. The van der Waals surface area contributed by atoms with Gasteiger partial charge in [-0.05, 0) is 25.3 Å². The quantitative estimate of drug-likeness (QED) is 0.861. The summed E-state index contributed by atoms with van der Waals surface area (Å²) in [6.07, 6.45) is 6.09. The minimum absolute atomic E-state index is 0.0602. The third-order valence-corrected chi connectivity index (χ3v) is 5.09. The molecule has 1 fully saturated rings. The standard InChI is InChI=1S/C16H22N4OS/c1-13(22-2)16(21)19-9-7-18(8-10-19)11-14-12-20-6-4-3-5-15(20)17-14/h3-6,12-13H,7-11H2,1-2H3. The van der Waals surface area contributed by atoms with Crippen LogP contribution in [0.3, 0.4) is 0 Å². The van der Waals surface area contributed by atoms with Crippen LogP contribution in [-0.4, -0.2) is 62.8 Å². The normalized spacial score (nSPS) is 17.8. The first kappa shape index (κ1) is 15.4. The van der Waals surface area contributed by atoms with Crippen LogP contribution in [0.25, 0.3) is 5.65 Å². The average molecular weight is 318 g/mol. The second-order valence-corrected chi connectivity index (χ2v) is 6.86. The fourth-order valence-corrected chi connectivity index (χ4v) is 3.13. The van der Waals surface area contributed by atoms with Crippen LogP contribution >= 0.6 is 11.8 Å². The molecule has 0 aliphatic carbocycles. The highest BCUT2D eigenvalue weighted by atomic mass is 32.2. The average Bonchev–Trinajstić information content (AvgIpc) is 2.96. The van der Waals surface area contributed by atoms with Gasteiger partial charge in [-0.1, -0.05) is 6.07 Å². The molecular formula is C16H22N4OS. The summed E-state index contributed by atoms with van der Waals surface area (Å²) in [5.41, 5.74) is 2.07. The number of pyridine rings is 1. The lowest BCUT2D eigenvalue weighted by atomic mass is 10.2. The topological polar surface area (TPSA) is 40.9 Å². The molecule has 1 amide bonds. The van der Waals surface area contributed by atoms with Crippen molar-refractivity contribution in [1.82, 2.24) is 19.2 Å². The predicted molar refractivity (Wildman–Crippen MR) is 90.0 cm³/mol. The van der Waals surface area contributed by atoms with Gasteiger partial charge in [0, 0.05) is 45.1 Å². The molecule has 5 nitrogen and oxygen atoms in total. The van der Waals surface area contributed by atoms with Crippen molar-refractivity contribution in [3.63, 3.8) is 0 Å². The summed E-state index contributed by atoms with van der Waals surface area (Å²) in [4.78, 5) is 21.2. The first-order valence-electron chi connectivity index (χ1n) is 7.64. The molecule has 1 atom stereocenters. The van der Waals surface area contributed by atoms with Crippen molar-refractivity contribution in [2.24, 2.45) is 0 Å². The summed E-state index contributed by atoms with van der Waals surface area (Å²) in [5, 5.41) is 0.0602. The second kappa shape index (κ2) is 6.71. The van der Waals surface area contributed by atoms with E-state index in [2.05, 4.69) is 20.5 Å². The Hall–Kier alpha value is -1.53. The number of carbonyl (C=O) groups is 1. The highest BCUT2D eigenvalue weighted by molar-refractivity contribution is 7.99. The van der Waals surface area contributed by atoms with Crippen molar-refractivity contribution < 1.29 is 4.79 Å². The molecule has 3 rings (SSSR count). The summed E-state index contributed by atoms with van der Waals surface area (Å²) >= 11 is 1.61. The smallest absolute Gasteiger partial charge is 0.235 e. The molecule has 1 aliphatic rings. The number of hydrogen-bond donors (Lipinski definition) is 0. The molecule has 1 unspecified atom stereocenters. The molecule has 0 radical (unpaired) electrons. The van der Waals surface area contributed by atoms with Crippen molar-refractivity contribution in [3.05, 3.63) is 36.3 Å². The molecule has 0 N–H and O–H groups in total. The van der Waals surface area contributed by atoms with Crippen LogP contribution in [0.2, 0.25) is 0 Å². The van der Waals surface area contributed by atoms with E-state index in [0.29, 0.717) is 0 Å². The Morgan fingerprint density at radius 1 is 1.32 bits per heavy atom. The lowest BCUT2D eigenvalue weighted by molar-refractivity contribution is -0.132. The number of imidazole rings is 1. The van der Waals surface area contributed by atoms with Gasteiger partial charge in [0.25, 0.3) is 0 Å². The van der Waals surface area contributed by atoms with Crippen molar-refractivity contribution in [1.29, 1.82) is 0 Å². The van der Waals surface area contributed by atoms with E-state index in [1.165, 1.54) is 0 Å². The van der Waals surface area contributed by atoms with Crippen molar-refractivity contribution >= 4 is 23.3 Å². The first-order chi connectivity index (χ1) is 10.7. The number of thioether (sulfide) groups is 1. The van der Waals surface area contributed by atoms with Crippen LogP contribution in [0.5, 0.6) is 0 Å². The second-order valence-electron chi connectivity index (χ2n) is 5.68. The molecule has 1 saturated heterocycles. The van der Waals surface area contributed by atoms with E-state index in [1.54, 1.807) is 11.8 Å². The molecule has 1 aliphatic heterocycles. The van der Waals surface area contributed by atoms with Gasteiger partial charge < -0.3 is 9.30 Å². The van der Waals surface area contributed by atoms with Gasteiger partial charge in [0.15, 0.2) is 0 Å². The Kier molecular flexibility index (Phi) is 4.69. The molecule has 0 saturated carbocycles. The van der Waals surface area contributed by atoms with Crippen LogP contribution in [0.1, 0.15) is 12.6 Å². The summed E-state index contributed by atoms with van der Waals surface area (Å²) in [7, 11) is 0. The van der Waals surface area contributed by atoms with Gasteiger partial charge in [-0.15, -0.1) is 0 Å². The lowest BCUT2D eigenvalue weighted by Crippen LogP contribution is -2.50. The maximum Gasteiger partial charge on any atom is 0.235 e. The van der Waals surface area contributed by atoms with Gasteiger partial charge >= 0.3 is 0 Å². The highest BCUT2D eigenvalue weighted by Gasteiger charge is 2.24. The summed E-state index contributed by atoms with van der Waals surface area (Å²) < 4.78 is 2.05. The number of amides is 1. The van der Waals surface area contributed by atoms with Crippen molar-refractivity contribution in [2.75, 3.05) is 32.4 Å². The molecule has 22 heavy (non-hydrogen) atoms. The lowest BCUT2D eigenvalue weighted by Gasteiger charge is -2.35. The third kappa shape index (κ3) is 3.28. The van der Waals surface area contributed by atoms with E-state index in [9.17, 15) is 4.79 Å². The Balaban J connectivity index is 1.56. The number of rotatable bonds is 4. The molecule has 2 aromatic rings. The Labute approximate surface area is 135 Å². The SMILES string of the molecule is CSC(C)C(=O)N1CCN(Cc2cn3ccccc3n2)CC1. The van der Waals surface area contributed by atoms with E-state index >= 15 is 0 Å². The number of fused-ring (bicyclic) bond motifs is 1. The highest BCUT2D eigenvalue weighted by Crippen LogP contribution is 2.13. The molecule has 0 aromatic carbocycles. The zero-order chi connectivity index (χ0) is 15.5. The van der Waals surface area contributed by atoms with Gasteiger partial charge in [-0.3, -0.25) is 9.69 Å². The van der Waals surface area contributed by atoms with Gasteiger partial charge in [0.2, 0.25) is 5.91 Å². The molecule has 2 aromatic heterocycles. The molecule has 0 spiro atoms. The number of hydrogen-bond acceptors (Lipinski definition) is 4. The minimum atomic E-state index is 0.0602. The maximum atomic E-state index is 12.2. The third-order valence-electron chi connectivity index (χ3n) is 4.18. The number of nitrogens with zero attached hydrogens (tertiary/aromatic N) is 4. The van der Waals surface area contributed by atoms with E-state index in [1.807, 2.05) is 42.5 Å². The van der Waals surface area contributed by atoms with Crippen molar-refractivity contribution in [2.45, 2.75) is 18.7 Å². The van der Waals surface area contributed by atoms with Gasteiger partial charge in [-0.25, -0.2) is 4.98 Å². The summed E-state index contributed by atoms with van der Waals surface area (Å²) in [5.74, 6) is 0.264. The van der Waals surface area contributed by atoms with Gasteiger partial charge in [0.1, 0.15) is 5.65 Å². The monoisotopic (exact) mass is 318 g/mol. The molecule has 3 heterocycles. The van der Waals surface area contributed by atoms with Crippen molar-refractivity contribution in [3.8, 4) is 0 Å². The predicted octanol–water partition coefficient (Wildman–Crippen LogP) is 1.73. The van der Waals surface area contributed by atoms with E-state index in [0.717, 1.165) is 44.1 Å². The Morgan fingerprint density at radius 2 is 2.09 bits per heavy atom. The van der Waals surface area contributed by atoms with Gasteiger partial charge in [-0.2, -0.15) is 11.8 Å². The number of piperazine rings is 1. The largest absolute Gasteiger partial charge is 0.339 e. The molecule has 0 bridgehead atoms. The number of aromatic nitrogens is 2. The number of carbonyl (C=O) groups excluding carboxylic acids is 1. The fourth-order valence-electron chi connectivity index (χ4n) is 2.78. The Morgan fingerprint density at radius 3 is 2.77 bits per heavy atom. The fraction of sp³-hybridized carbons (Fsp3) is 0.500. The zero-order valence-corrected chi connectivity index (χ0v) is 13.9. The molecule has 118 valence electrons. The van der Waals surface area contributed by atoms with E-state index in [-0.39, 0.29) is 11.2 Å². The van der Waals surface area contributed by atoms with Crippen LogP contribution < -0.4 is 0 Å². The summed E-state index contributed by atoms with van der Waals surface area (Å²) in [6.45, 7) is 6.30. The summed E-state index contributed by atoms with van der Waals surface area (Å²) in [6, 6.07) is 6.03. The minimum Gasteiger partial charge on any atom is -0.339 e. The zero-order valence-electron chi connectivity index (χ0n) is 13.1.